The van der Waals surface area contributed by atoms with Crippen molar-refractivity contribution in [3.63, 3.8) is 0 Å². The molecule has 0 heterocycles. The molecule has 3 nitrogen and oxygen atoms in total. The van der Waals surface area contributed by atoms with Crippen LogP contribution >= 0.6 is 0 Å². The quantitative estimate of drug-likeness (QED) is 0.777. The SMILES string of the molecule is CCS(=O)(=O)CC(C)NCCC1CCC(C)CC1. The molecule has 0 bridgehead atoms. The first kappa shape index (κ1) is 16.0. The molecule has 0 saturated heterocycles. The first-order valence-electron chi connectivity index (χ1n) is 7.36. The fourth-order valence-corrected chi connectivity index (χ4v) is 3.82. The van der Waals surface area contributed by atoms with Crippen LogP contribution in [-0.4, -0.2) is 32.5 Å². The Bertz CT molecular complexity index is 319. The van der Waals surface area contributed by atoms with E-state index >= 15 is 0 Å². The highest BCUT2D eigenvalue weighted by atomic mass is 32.2. The Morgan fingerprint density at radius 1 is 1.22 bits per heavy atom. The molecule has 1 rings (SSSR count). The van der Waals surface area contributed by atoms with E-state index in [-0.39, 0.29) is 17.5 Å². The van der Waals surface area contributed by atoms with Gasteiger partial charge in [-0.3, -0.25) is 0 Å². The lowest BCUT2D eigenvalue weighted by atomic mass is 9.81. The summed E-state index contributed by atoms with van der Waals surface area (Å²) >= 11 is 0. The second-order valence-electron chi connectivity index (χ2n) is 5.97. The standard InChI is InChI=1S/C14H29NO2S/c1-4-18(16,17)11-13(3)15-10-9-14-7-5-12(2)6-8-14/h12-15H,4-11H2,1-3H3. The van der Waals surface area contributed by atoms with E-state index in [4.69, 9.17) is 0 Å². The van der Waals surface area contributed by atoms with E-state index in [1.54, 1.807) is 6.92 Å². The molecule has 1 atom stereocenters. The molecule has 0 aromatic heterocycles. The summed E-state index contributed by atoms with van der Waals surface area (Å²) in [5, 5.41) is 3.35. The van der Waals surface area contributed by atoms with Crippen LogP contribution in [0.2, 0.25) is 0 Å². The van der Waals surface area contributed by atoms with Gasteiger partial charge in [-0.05, 0) is 31.7 Å². The Hall–Kier alpha value is -0.0900. The topological polar surface area (TPSA) is 46.2 Å². The van der Waals surface area contributed by atoms with Crippen molar-refractivity contribution in [1.82, 2.24) is 5.32 Å². The average molecular weight is 275 g/mol. The van der Waals surface area contributed by atoms with Crippen LogP contribution in [0, 0.1) is 11.8 Å². The second-order valence-corrected chi connectivity index (χ2v) is 8.37. The number of hydrogen-bond acceptors (Lipinski definition) is 3. The highest BCUT2D eigenvalue weighted by Gasteiger charge is 2.18. The zero-order valence-corrected chi connectivity index (χ0v) is 12.9. The molecule has 1 aliphatic carbocycles. The Balaban J connectivity index is 2.14. The van der Waals surface area contributed by atoms with Gasteiger partial charge in [0, 0.05) is 11.8 Å². The summed E-state index contributed by atoms with van der Waals surface area (Å²) in [5.74, 6) is 2.27. The maximum atomic E-state index is 11.5. The number of rotatable bonds is 7. The number of nitrogens with one attached hydrogen (secondary N) is 1. The summed E-state index contributed by atoms with van der Waals surface area (Å²) in [5.41, 5.74) is 0. The van der Waals surface area contributed by atoms with Gasteiger partial charge in [0.1, 0.15) is 0 Å². The van der Waals surface area contributed by atoms with Gasteiger partial charge in [-0.25, -0.2) is 8.42 Å². The highest BCUT2D eigenvalue weighted by Crippen LogP contribution is 2.29. The minimum atomic E-state index is -2.84. The maximum Gasteiger partial charge on any atom is 0.151 e. The monoisotopic (exact) mass is 275 g/mol. The first-order chi connectivity index (χ1) is 8.43. The normalized spacial score (nSPS) is 27.1. The van der Waals surface area contributed by atoms with Crippen molar-refractivity contribution in [1.29, 1.82) is 0 Å². The van der Waals surface area contributed by atoms with Crippen LogP contribution in [0.5, 0.6) is 0 Å². The van der Waals surface area contributed by atoms with Crippen molar-refractivity contribution in [3.05, 3.63) is 0 Å². The van der Waals surface area contributed by atoms with Crippen LogP contribution in [0.25, 0.3) is 0 Å². The summed E-state index contributed by atoms with van der Waals surface area (Å²) in [6.45, 7) is 6.98. The lowest BCUT2D eigenvalue weighted by molar-refractivity contribution is 0.273. The third-order valence-electron chi connectivity index (χ3n) is 4.12. The summed E-state index contributed by atoms with van der Waals surface area (Å²) in [6.07, 6.45) is 6.63. The zero-order chi connectivity index (χ0) is 13.6. The summed E-state index contributed by atoms with van der Waals surface area (Å²) in [7, 11) is -2.84. The van der Waals surface area contributed by atoms with Crippen LogP contribution < -0.4 is 5.32 Å². The molecule has 1 fully saturated rings. The fourth-order valence-electron chi connectivity index (χ4n) is 2.71. The summed E-state index contributed by atoms with van der Waals surface area (Å²) in [6, 6.07) is 0.0810. The van der Waals surface area contributed by atoms with Crippen molar-refractivity contribution in [3.8, 4) is 0 Å². The van der Waals surface area contributed by atoms with E-state index in [1.807, 2.05) is 6.92 Å². The largest absolute Gasteiger partial charge is 0.313 e. The van der Waals surface area contributed by atoms with E-state index in [2.05, 4.69) is 12.2 Å². The highest BCUT2D eigenvalue weighted by molar-refractivity contribution is 7.91. The molecule has 18 heavy (non-hydrogen) atoms. The Kier molecular flexibility index (Phi) is 6.64. The van der Waals surface area contributed by atoms with Gasteiger partial charge in [0.2, 0.25) is 0 Å². The van der Waals surface area contributed by atoms with E-state index < -0.39 is 9.84 Å². The predicted molar refractivity (Wildman–Crippen MR) is 77.5 cm³/mol. The first-order valence-corrected chi connectivity index (χ1v) is 9.19. The lowest BCUT2D eigenvalue weighted by Crippen LogP contribution is -2.35. The number of sulfone groups is 1. The van der Waals surface area contributed by atoms with Gasteiger partial charge in [-0.15, -0.1) is 0 Å². The smallest absolute Gasteiger partial charge is 0.151 e. The zero-order valence-electron chi connectivity index (χ0n) is 12.1. The van der Waals surface area contributed by atoms with Gasteiger partial charge in [0.05, 0.1) is 5.75 Å². The Morgan fingerprint density at radius 3 is 2.39 bits per heavy atom. The molecule has 0 spiro atoms. The van der Waals surface area contributed by atoms with Crippen molar-refractivity contribution in [2.45, 2.75) is 58.9 Å². The molecule has 4 heteroatoms. The molecule has 108 valence electrons. The lowest BCUT2D eigenvalue weighted by Gasteiger charge is -2.26. The van der Waals surface area contributed by atoms with E-state index in [0.717, 1.165) is 18.4 Å². The third kappa shape index (κ3) is 6.19. The Labute approximate surface area is 113 Å². The maximum absolute atomic E-state index is 11.5. The van der Waals surface area contributed by atoms with Crippen LogP contribution in [-0.2, 0) is 9.84 Å². The molecule has 0 aliphatic heterocycles. The van der Waals surface area contributed by atoms with Gasteiger partial charge in [-0.2, -0.15) is 0 Å². The van der Waals surface area contributed by atoms with Crippen LogP contribution in [0.4, 0.5) is 0 Å². The second kappa shape index (κ2) is 7.49. The van der Waals surface area contributed by atoms with E-state index in [9.17, 15) is 8.42 Å². The van der Waals surface area contributed by atoms with Crippen molar-refractivity contribution in [2.75, 3.05) is 18.1 Å². The molecule has 1 unspecified atom stereocenters. The van der Waals surface area contributed by atoms with Crippen molar-refractivity contribution in [2.24, 2.45) is 11.8 Å². The minimum absolute atomic E-state index is 0.0810. The molecular formula is C14H29NO2S. The van der Waals surface area contributed by atoms with Gasteiger partial charge < -0.3 is 5.32 Å². The van der Waals surface area contributed by atoms with Gasteiger partial charge in [-0.1, -0.05) is 39.5 Å². The molecule has 1 aliphatic rings. The minimum Gasteiger partial charge on any atom is -0.313 e. The predicted octanol–water partition coefficient (Wildman–Crippen LogP) is 2.62. The molecule has 0 aromatic carbocycles. The van der Waals surface area contributed by atoms with Gasteiger partial charge in [0.15, 0.2) is 9.84 Å². The summed E-state index contributed by atoms with van der Waals surface area (Å²) < 4.78 is 22.9. The third-order valence-corrected chi connectivity index (χ3v) is 6.01. The van der Waals surface area contributed by atoms with Crippen LogP contribution in [0.1, 0.15) is 52.9 Å². The molecule has 1 N–H and O–H groups in total. The van der Waals surface area contributed by atoms with E-state index in [1.165, 1.54) is 32.1 Å². The van der Waals surface area contributed by atoms with Crippen molar-refractivity contribution >= 4 is 9.84 Å². The van der Waals surface area contributed by atoms with Crippen molar-refractivity contribution < 1.29 is 8.42 Å². The molecule has 0 amide bonds. The van der Waals surface area contributed by atoms with Crippen LogP contribution in [0.3, 0.4) is 0 Å². The van der Waals surface area contributed by atoms with Gasteiger partial charge >= 0.3 is 0 Å². The Morgan fingerprint density at radius 2 is 1.83 bits per heavy atom. The molecular weight excluding hydrogens is 246 g/mol. The average Bonchev–Trinajstić information content (AvgIpc) is 2.31. The van der Waals surface area contributed by atoms with Crippen LogP contribution in [0.15, 0.2) is 0 Å². The van der Waals surface area contributed by atoms with Gasteiger partial charge in [0.25, 0.3) is 0 Å². The number of hydrogen-bond donors (Lipinski definition) is 1. The summed E-state index contributed by atoms with van der Waals surface area (Å²) in [4.78, 5) is 0. The van der Waals surface area contributed by atoms with E-state index in [0.29, 0.717) is 0 Å². The fraction of sp³-hybridized carbons (Fsp3) is 1.00. The molecule has 1 saturated carbocycles. The molecule has 0 aromatic rings. The molecule has 0 radical (unpaired) electrons.